The SMILES string of the molecule is Cc1nc(-c2ccc(F)cc2)c(Br)n1CC(F)F. The molecule has 0 aliphatic carbocycles. The first kappa shape index (κ1) is 13.1. The van der Waals surface area contributed by atoms with Crippen LogP contribution >= 0.6 is 15.9 Å². The van der Waals surface area contributed by atoms with E-state index >= 15 is 0 Å². The summed E-state index contributed by atoms with van der Waals surface area (Å²) in [6.07, 6.45) is -2.45. The summed E-state index contributed by atoms with van der Waals surface area (Å²) in [5.74, 6) is 0.139. The lowest BCUT2D eigenvalue weighted by atomic mass is 10.2. The number of benzene rings is 1. The van der Waals surface area contributed by atoms with Crippen LogP contribution in [0.1, 0.15) is 5.82 Å². The molecule has 6 heteroatoms. The summed E-state index contributed by atoms with van der Waals surface area (Å²) in [4.78, 5) is 4.22. The van der Waals surface area contributed by atoms with Gasteiger partial charge in [-0.1, -0.05) is 0 Å². The van der Waals surface area contributed by atoms with Gasteiger partial charge >= 0.3 is 0 Å². The Labute approximate surface area is 111 Å². The summed E-state index contributed by atoms with van der Waals surface area (Å²) >= 11 is 3.26. The van der Waals surface area contributed by atoms with Gasteiger partial charge in [-0.3, -0.25) is 0 Å². The molecule has 0 spiro atoms. The smallest absolute Gasteiger partial charge is 0.256 e. The van der Waals surface area contributed by atoms with Crippen LogP contribution in [0.3, 0.4) is 0 Å². The Morgan fingerprint density at radius 2 is 1.89 bits per heavy atom. The van der Waals surface area contributed by atoms with Gasteiger partial charge in [0.25, 0.3) is 6.43 Å². The van der Waals surface area contributed by atoms with E-state index in [4.69, 9.17) is 0 Å². The fourth-order valence-electron chi connectivity index (χ4n) is 1.68. The summed E-state index contributed by atoms with van der Waals surface area (Å²) in [7, 11) is 0. The molecule has 0 atom stereocenters. The highest BCUT2D eigenvalue weighted by molar-refractivity contribution is 9.10. The monoisotopic (exact) mass is 318 g/mol. The van der Waals surface area contributed by atoms with Crippen LogP contribution in [0.25, 0.3) is 11.3 Å². The average molecular weight is 319 g/mol. The van der Waals surface area contributed by atoms with Crippen molar-refractivity contribution in [3.8, 4) is 11.3 Å². The number of hydrogen-bond acceptors (Lipinski definition) is 1. The van der Waals surface area contributed by atoms with Crippen molar-refractivity contribution in [3.05, 3.63) is 40.5 Å². The first-order valence-corrected chi connectivity index (χ1v) is 6.05. The molecule has 18 heavy (non-hydrogen) atoms. The third-order valence-corrected chi connectivity index (χ3v) is 3.34. The van der Waals surface area contributed by atoms with Crippen LogP contribution in [0.5, 0.6) is 0 Å². The summed E-state index contributed by atoms with van der Waals surface area (Å²) < 4.78 is 39.5. The van der Waals surface area contributed by atoms with E-state index in [0.717, 1.165) is 0 Å². The molecule has 0 unspecified atom stereocenters. The topological polar surface area (TPSA) is 17.8 Å². The third-order valence-electron chi connectivity index (χ3n) is 2.53. The van der Waals surface area contributed by atoms with E-state index in [2.05, 4.69) is 20.9 Å². The molecule has 1 aromatic carbocycles. The number of imidazole rings is 1. The molecule has 0 radical (unpaired) electrons. The molecule has 2 nitrogen and oxygen atoms in total. The van der Waals surface area contributed by atoms with Crippen molar-refractivity contribution >= 4 is 15.9 Å². The second-order valence-corrected chi connectivity index (χ2v) is 4.56. The molecule has 1 heterocycles. The zero-order valence-corrected chi connectivity index (χ0v) is 11.1. The number of nitrogens with zero attached hydrogens (tertiary/aromatic N) is 2. The van der Waals surface area contributed by atoms with Crippen LogP contribution in [0.2, 0.25) is 0 Å². The predicted octanol–water partition coefficient (Wildman–Crippen LogP) is 4.03. The molecule has 0 bridgehead atoms. The van der Waals surface area contributed by atoms with Gasteiger partial charge in [-0.05, 0) is 47.1 Å². The molecule has 0 N–H and O–H groups in total. The minimum absolute atomic E-state index is 0.349. The standard InChI is InChI=1S/C12H10BrF3N2/c1-7-17-11(8-2-4-9(14)5-3-8)12(13)18(7)6-10(15)16/h2-5,10H,6H2,1H3. The van der Waals surface area contributed by atoms with E-state index in [-0.39, 0.29) is 5.82 Å². The lowest BCUT2D eigenvalue weighted by molar-refractivity contribution is 0.125. The van der Waals surface area contributed by atoms with Gasteiger partial charge in [0.05, 0.1) is 6.54 Å². The minimum atomic E-state index is -2.45. The Morgan fingerprint density at radius 1 is 1.28 bits per heavy atom. The normalized spacial score (nSPS) is 11.2. The van der Waals surface area contributed by atoms with Crippen molar-refractivity contribution in [2.24, 2.45) is 0 Å². The maximum atomic E-state index is 12.8. The molecule has 0 aliphatic heterocycles. The highest BCUT2D eigenvalue weighted by Gasteiger charge is 2.16. The van der Waals surface area contributed by atoms with E-state index in [1.54, 1.807) is 19.1 Å². The van der Waals surface area contributed by atoms with Crippen molar-refractivity contribution < 1.29 is 13.2 Å². The lowest BCUT2D eigenvalue weighted by Gasteiger charge is -2.05. The number of alkyl halides is 2. The van der Waals surface area contributed by atoms with Gasteiger partial charge in [-0.15, -0.1) is 0 Å². The molecule has 0 saturated heterocycles. The Morgan fingerprint density at radius 3 is 2.44 bits per heavy atom. The van der Waals surface area contributed by atoms with E-state index in [1.165, 1.54) is 16.7 Å². The summed E-state index contributed by atoms with van der Waals surface area (Å²) in [5.41, 5.74) is 1.22. The predicted molar refractivity (Wildman–Crippen MR) is 66.1 cm³/mol. The van der Waals surface area contributed by atoms with Gasteiger partial charge in [0.1, 0.15) is 21.9 Å². The van der Waals surface area contributed by atoms with Gasteiger partial charge < -0.3 is 4.57 Å². The molecule has 2 rings (SSSR count). The fourth-order valence-corrected chi connectivity index (χ4v) is 2.40. The van der Waals surface area contributed by atoms with E-state index in [1.807, 2.05) is 0 Å². The molecule has 0 saturated carbocycles. The van der Waals surface area contributed by atoms with Crippen LogP contribution in [0.15, 0.2) is 28.9 Å². The van der Waals surface area contributed by atoms with Crippen LogP contribution in [0.4, 0.5) is 13.2 Å². The molecule has 2 aromatic rings. The van der Waals surface area contributed by atoms with Gasteiger partial charge in [-0.25, -0.2) is 18.2 Å². The molecule has 0 aliphatic rings. The van der Waals surface area contributed by atoms with Gasteiger partial charge in [-0.2, -0.15) is 0 Å². The molecule has 0 fully saturated rings. The highest BCUT2D eigenvalue weighted by Crippen LogP contribution is 2.29. The molecule has 0 amide bonds. The average Bonchev–Trinajstić information content (AvgIpc) is 2.58. The molecular formula is C12H10BrF3N2. The Bertz CT molecular complexity index is 549. The minimum Gasteiger partial charge on any atom is -0.317 e. The number of hydrogen-bond donors (Lipinski definition) is 0. The summed E-state index contributed by atoms with van der Waals surface area (Å²) in [5, 5.41) is 0. The van der Waals surface area contributed by atoms with E-state index in [0.29, 0.717) is 21.7 Å². The number of aryl methyl sites for hydroxylation is 1. The lowest BCUT2D eigenvalue weighted by Crippen LogP contribution is -2.08. The number of aromatic nitrogens is 2. The Balaban J connectivity index is 2.43. The largest absolute Gasteiger partial charge is 0.317 e. The molecule has 1 aromatic heterocycles. The zero-order chi connectivity index (χ0) is 13.3. The van der Waals surface area contributed by atoms with Crippen molar-refractivity contribution in [2.45, 2.75) is 19.9 Å². The molecule has 96 valence electrons. The maximum Gasteiger partial charge on any atom is 0.256 e. The van der Waals surface area contributed by atoms with Crippen molar-refractivity contribution in [1.82, 2.24) is 9.55 Å². The van der Waals surface area contributed by atoms with Gasteiger partial charge in [0.2, 0.25) is 0 Å². The van der Waals surface area contributed by atoms with Crippen LogP contribution in [0, 0.1) is 12.7 Å². The molecular weight excluding hydrogens is 309 g/mol. The Kier molecular flexibility index (Phi) is 3.75. The van der Waals surface area contributed by atoms with Gasteiger partial charge in [0, 0.05) is 5.56 Å². The van der Waals surface area contributed by atoms with E-state index < -0.39 is 13.0 Å². The van der Waals surface area contributed by atoms with E-state index in [9.17, 15) is 13.2 Å². The van der Waals surface area contributed by atoms with Crippen molar-refractivity contribution in [1.29, 1.82) is 0 Å². The van der Waals surface area contributed by atoms with Crippen molar-refractivity contribution in [3.63, 3.8) is 0 Å². The fraction of sp³-hybridized carbons (Fsp3) is 0.250. The third kappa shape index (κ3) is 2.58. The quantitative estimate of drug-likeness (QED) is 0.835. The maximum absolute atomic E-state index is 12.8. The Hall–Kier alpha value is -1.30. The van der Waals surface area contributed by atoms with Crippen LogP contribution in [-0.4, -0.2) is 16.0 Å². The number of halogens is 4. The first-order valence-electron chi connectivity index (χ1n) is 5.25. The summed E-state index contributed by atoms with van der Waals surface area (Å²) in [6, 6.07) is 5.75. The van der Waals surface area contributed by atoms with Crippen LogP contribution in [-0.2, 0) is 6.54 Å². The van der Waals surface area contributed by atoms with Crippen molar-refractivity contribution in [2.75, 3.05) is 0 Å². The van der Waals surface area contributed by atoms with Crippen LogP contribution < -0.4 is 0 Å². The zero-order valence-electron chi connectivity index (χ0n) is 9.50. The summed E-state index contributed by atoms with van der Waals surface area (Å²) in [6.45, 7) is 1.24. The first-order chi connectivity index (χ1) is 8.49. The second-order valence-electron chi connectivity index (χ2n) is 3.81. The highest BCUT2D eigenvalue weighted by atomic mass is 79.9. The second kappa shape index (κ2) is 5.14. The van der Waals surface area contributed by atoms with Gasteiger partial charge in [0.15, 0.2) is 0 Å². The number of rotatable bonds is 3.